The minimum atomic E-state index is -0.0250. The van der Waals surface area contributed by atoms with Crippen molar-refractivity contribution in [1.82, 2.24) is 15.1 Å². The predicted molar refractivity (Wildman–Crippen MR) is 109 cm³/mol. The fourth-order valence-corrected chi connectivity index (χ4v) is 3.33. The van der Waals surface area contributed by atoms with Gasteiger partial charge in [0.25, 0.3) is 0 Å². The second kappa shape index (κ2) is 7.39. The minimum absolute atomic E-state index is 0.0250. The molecule has 3 aromatic rings. The summed E-state index contributed by atoms with van der Waals surface area (Å²) in [6, 6.07) is 8.32. The largest absolute Gasteiger partial charge is 0.490 e. The maximum absolute atomic E-state index is 6.13. The van der Waals surface area contributed by atoms with Crippen molar-refractivity contribution >= 4 is 11.0 Å². The van der Waals surface area contributed by atoms with E-state index in [1.807, 2.05) is 23.7 Å². The number of hydrogen-bond acceptors (Lipinski definition) is 4. The molecule has 5 heteroatoms. The zero-order valence-electron chi connectivity index (χ0n) is 17.5. The lowest BCUT2D eigenvalue weighted by atomic mass is 10.1. The van der Waals surface area contributed by atoms with Gasteiger partial charge < -0.3 is 14.5 Å². The number of hydrogen-bond donors (Lipinski definition) is 1. The predicted octanol–water partition coefficient (Wildman–Crippen LogP) is 5.50. The van der Waals surface area contributed by atoms with E-state index in [9.17, 15) is 0 Å². The van der Waals surface area contributed by atoms with E-state index < -0.39 is 0 Å². The third kappa shape index (κ3) is 4.03. The third-order valence-electron chi connectivity index (χ3n) is 4.84. The first-order chi connectivity index (χ1) is 12.7. The Morgan fingerprint density at radius 1 is 1.22 bits per heavy atom. The van der Waals surface area contributed by atoms with E-state index >= 15 is 0 Å². The molecule has 2 heterocycles. The van der Waals surface area contributed by atoms with Crippen LogP contribution in [0.25, 0.3) is 11.0 Å². The van der Waals surface area contributed by atoms with Gasteiger partial charge in [0.05, 0.1) is 23.9 Å². The highest BCUT2D eigenvalue weighted by Gasteiger charge is 2.22. The average molecular weight is 370 g/mol. The number of aromatic nitrogens is 2. The molecule has 1 aromatic carbocycles. The summed E-state index contributed by atoms with van der Waals surface area (Å²) in [6.07, 6.45) is 2.14. The van der Waals surface area contributed by atoms with E-state index in [0.29, 0.717) is 6.61 Å². The summed E-state index contributed by atoms with van der Waals surface area (Å²) in [5.74, 6) is 1.70. The van der Waals surface area contributed by atoms with Gasteiger partial charge in [0, 0.05) is 23.2 Å². The van der Waals surface area contributed by atoms with E-state index in [0.717, 1.165) is 28.2 Å². The summed E-state index contributed by atoms with van der Waals surface area (Å²) in [4.78, 5) is 0. The number of ether oxygens (including phenoxy) is 1. The first-order valence-electron chi connectivity index (χ1n) is 9.68. The normalized spacial score (nSPS) is 14.5. The second-order valence-electron chi connectivity index (χ2n) is 8.15. The van der Waals surface area contributed by atoms with Crippen LogP contribution in [-0.2, 0) is 5.54 Å². The average Bonchev–Trinajstić information content (AvgIpc) is 3.19. The number of rotatable bonds is 6. The molecule has 0 saturated carbocycles. The van der Waals surface area contributed by atoms with Crippen LogP contribution >= 0.6 is 0 Å². The number of benzene rings is 1. The van der Waals surface area contributed by atoms with Gasteiger partial charge >= 0.3 is 0 Å². The lowest BCUT2D eigenvalue weighted by molar-refractivity contribution is 0.335. The van der Waals surface area contributed by atoms with Gasteiger partial charge in [0.1, 0.15) is 5.76 Å². The van der Waals surface area contributed by atoms with Crippen molar-refractivity contribution in [2.45, 2.75) is 66.1 Å². The molecule has 2 atom stereocenters. The van der Waals surface area contributed by atoms with Crippen LogP contribution in [0, 0.1) is 6.92 Å². The van der Waals surface area contributed by atoms with Crippen LogP contribution in [0.1, 0.15) is 70.6 Å². The Balaban J connectivity index is 1.81. The number of nitrogens with one attached hydrogen (secondary N) is 1. The van der Waals surface area contributed by atoms with Crippen LogP contribution in [0.4, 0.5) is 0 Å². The van der Waals surface area contributed by atoms with Crippen LogP contribution in [0.15, 0.2) is 34.9 Å². The first-order valence-corrected chi connectivity index (χ1v) is 9.68. The van der Waals surface area contributed by atoms with Crippen LogP contribution in [0.5, 0.6) is 5.75 Å². The number of para-hydroxylation sites is 1. The van der Waals surface area contributed by atoms with E-state index in [1.165, 1.54) is 5.56 Å². The van der Waals surface area contributed by atoms with Crippen molar-refractivity contribution in [3.05, 3.63) is 47.5 Å². The van der Waals surface area contributed by atoms with Gasteiger partial charge in [0.2, 0.25) is 0 Å². The number of fused-ring (bicyclic) bond motifs is 1. The summed E-state index contributed by atoms with van der Waals surface area (Å²) in [7, 11) is 0. The maximum atomic E-state index is 6.13. The first kappa shape index (κ1) is 19.5. The fourth-order valence-electron chi connectivity index (χ4n) is 3.33. The molecular weight excluding hydrogens is 338 g/mol. The molecule has 0 unspecified atom stereocenters. The molecule has 0 bridgehead atoms. The highest BCUT2D eigenvalue weighted by molar-refractivity contribution is 5.83. The standard InChI is InChI=1S/C22H31N3O2/c1-8-26-19-11-9-10-17-12-20(27-21(17)19)16(4)23-14(2)18-13-25(22(5,6)7)24-15(18)3/h9-14,16,23H,8H2,1-7H3/t14-,16-/m1/s1. The zero-order chi connectivity index (χ0) is 19.8. The van der Waals surface area contributed by atoms with E-state index in [1.54, 1.807) is 0 Å². The smallest absolute Gasteiger partial charge is 0.176 e. The van der Waals surface area contributed by atoms with E-state index in [-0.39, 0.29) is 17.6 Å². The minimum Gasteiger partial charge on any atom is -0.490 e. The molecule has 27 heavy (non-hydrogen) atoms. The second-order valence-corrected chi connectivity index (χ2v) is 8.15. The van der Waals surface area contributed by atoms with Gasteiger partial charge in [-0.2, -0.15) is 5.10 Å². The molecule has 0 aliphatic carbocycles. The zero-order valence-corrected chi connectivity index (χ0v) is 17.5. The molecule has 1 N–H and O–H groups in total. The Hall–Kier alpha value is -2.27. The Bertz CT molecular complexity index is 917. The summed E-state index contributed by atoms with van der Waals surface area (Å²) in [6.45, 7) is 15.4. The van der Waals surface area contributed by atoms with Gasteiger partial charge in [-0.25, -0.2) is 0 Å². The number of nitrogens with zero attached hydrogens (tertiary/aromatic N) is 2. The molecule has 0 aliphatic heterocycles. The molecule has 2 aromatic heterocycles. The maximum Gasteiger partial charge on any atom is 0.176 e. The molecule has 3 rings (SSSR count). The summed E-state index contributed by atoms with van der Waals surface area (Å²) in [5, 5.41) is 9.39. The molecule has 5 nitrogen and oxygen atoms in total. The number of aryl methyl sites for hydroxylation is 1. The molecular formula is C22H31N3O2. The number of furan rings is 1. The third-order valence-corrected chi connectivity index (χ3v) is 4.84. The summed E-state index contributed by atoms with van der Waals surface area (Å²) < 4.78 is 13.9. The monoisotopic (exact) mass is 369 g/mol. The SMILES string of the molecule is CCOc1cccc2cc([C@@H](C)N[C@H](C)c3cn(C(C)(C)C)nc3C)oc12. The van der Waals surface area contributed by atoms with Crippen molar-refractivity contribution in [2.75, 3.05) is 6.61 Å². The Labute approximate surface area is 161 Å². The van der Waals surface area contributed by atoms with Crippen molar-refractivity contribution in [3.63, 3.8) is 0 Å². The van der Waals surface area contributed by atoms with Crippen LogP contribution < -0.4 is 10.1 Å². The summed E-state index contributed by atoms with van der Waals surface area (Å²) >= 11 is 0. The highest BCUT2D eigenvalue weighted by atomic mass is 16.5. The Kier molecular flexibility index (Phi) is 5.33. The quantitative estimate of drug-likeness (QED) is 0.623. The Morgan fingerprint density at radius 2 is 1.96 bits per heavy atom. The van der Waals surface area contributed by atoms with Gasteiger partial charge in [0.15, 0.2) is 11.3 Å². The summed E-state index contributed by atoms with van der Waals surface area (Å²) in [5.41, 5.74) is 3.05. The van der Waals surface area contributed by atoms with Crippen LogP contribution in [0.2, 0.25) is 0 Å². The van der Waals surface area contributed by atoms with E-state index in [4.69, 9.17) is 9.15 Å². The lowest BCUT2D eigenvalue weighted by Gasteiger charge is -2.20. The van der Waals surface area contributed by atoms with Crippen molar-refractivity contribution < 1.29 is 9.15 Å². The molecule has 0 spiro atoms. The van der Waals surface area contributed by atoms with Crippen molar-refractivity contribution in [1.29, 1.82) is 0 Å². The fraction of sp³-hybridized carbons (Fsp3) is 0.500. The van der Waals surface area contributed by atoms with Gasteiger partial charge in [-0.05, 0) is 60.6 Å². The van der Waals surface area contributed by atoms with Crippen molar-refractivity contribution in [2.24, 2.45) is 0 Å². The molecule has 0 saturated heterocycles. The highest BCUT2D eigenvalue weighted by Crippen LogP contribution is 2.32. The van der Waals surface area contributed by atoms with Crippen molar-refractivity contribution in [3.8, 4) is 5.75 Å². The molecule has 0 amide bonds. The molecule has 0 fully saturated rings. The Morgan fingerprint density at radius 3 is 2.59 bits per heavy atom. The van der Waals surface area contributed by atoms with E-state index in [2.05, 4.69) is 70.3 Å². The van der Waals surface area contributed by atoms with Gasteiger partial charge in [-0.15, -0.1) is 0 Å². The molecule has 146 valence electrons. The van der Waals surface area contributed by atoms with Gasteiger partial charge in [-0.3, -0.25) is 4.68 Å². The van der Waals surface area contributed by atoms with Gasteiger partial charge in [-0.1, -0.05) is 12.1 Å². The van der Waals surface area contributed by atoms with Crippen LogP contribution in [0.3, 0.4) is 0 Å². The topological polar surface area (TPSA) is 52.2 Å². The van der Waals surface area contributed by atoms with Crippen LogP contribution in [-0.4, -0.2) is 16.4 Å². The molecule has 0 aliphatic rings. The lowest BCUT2D eigenvalue weighted by Crippen LogP contribution is -2.23. The molecule has 0 radical (unpaired) electrons.